The molecule has 25 heavy (non-hydrogen) atoms. The average molecular weight is 386 g/mol. The van der Waals surface area contributed by atoms with Crippen molar-refractivity contribution in [1.82, 2.24) is 4.72 Å². The third-order valence-electron chi connectivity index (χ3n) is 3.85. The molecule has 0 saturated heterocycles. The lowest BCUT2D eigenvalue weighted by Crippen LogP contribution is -2.30. The number of nitrogens with one attached hydrogen (secondary N) is 1. The first-order valence-corrected chi connectivity index (χ1v) is 10.2. The highest BCUT2D eigenvalue weighted by Crippen LogP contribution is 2.28. The Morgan fingerprint density at radius 3 is 2.60 bits per heavy atom. The van der Waals surface area contributed by atoms with E-state index >= 15 is 0 Å². The van der Waals surface area contributed by atoms with Crippen LogP contribution in [-0.2, 0) is 14.8 Å². The zero-order chi connectivity index (χ0) is 18.4. The van der Waals surface area contributed by atoms with Crippen molar-refractivity contribution in [3.8, 4) is 5.75 Å². The van der Waals surface area contributed by atoms with Crippen LogP contribution in [0.1, 0.15) is 22.8 Å². The minimum absolute atomic E-state index is 0.0646. The molecule has 0 amide bonds. The first-order valence-electron chi connectivity index (χ1n) is 7.78. The van der Waals surface area contributed by atoms with E-state index in [1.165, 1.54) is 18.4 Å². The summed E-state index contributed by atoms with van der Waals surface area (Å²) in [6.07, 6.45) is -0.467. The van der Waals surface area contributed by atoms with Crippen LogP contribution in [0, 0.1) is 13.8 Å². The van der Waals surface area contributed by atoms with Gasteiger partial charge in [0, 0.05) is 6.54 Å². The maximum absolute atomic E-state index is 12.7. The molecule has 8 heteroatoms. The SMILES string of the molecule is COc1cc(C)c(C)cc1S(=O)(=O)NC[C@H](OCCO)c1ccsc1. The number of hydrogen-bond donors (Lipinski definition) is 2. The van der Waals surface area contributed by atoms with Crippen LogP contribution in [0.4, 0.5) is 0 Å². The van der Waals surface area contributed by atoms with Gasteiger partial charge in [-0.2, -0.15) is 11.3 Å². The lowest BCUT2D eigenvalue weighted by molar-refractivity contribution is 0.0311. The van der Waals surface area contributed by atoms with Gasteiger partial charge in [-0.25, -0.2) is 13.1 Å². The van der Waals surface area contributed by atoms with E-state index in [0.717, 1.165) is 16.7 Å². The predicted octanol–water partition coefficient (Wildman–Crippen LogP) is 2.40. The van der Waals surface area contributed by atoms with E-state index < -0.39 is 16.1 Å². The maximum Gasteiger partial charge on any atom is 0.244 e. The van der Waals surface area contributed by atoms with E-state index in [2.05, 4.69) is 4.72 Å². The number of hydrogen-bond acceptors (Lipinski definition) is 6. The van der Waals surface area contributed by atoms with Crippen LogP contribution in [0.5, 0.6) is 5.75 Å². The largest absolute Gasteiger partial charge is 0.495 e. The van der Waals surface area contributed by atoms with E-state index in [4.69, 9.17) is 14.6 Å². The average Bonchev–Trinajstić information content (AvgIpc) is 3.11. The van der Waals surface area contributed by atoms with Crippen LogP contribution in [0.2, 0.25) is 0 Å². The molecule has 2 rings (SSSR count). The zero-order valence-electron chi connectivity index (χ0n) is 14.5. The number of aliphatic hydroxyl groups is 1. The van der Waals surface area contributed by atoms with Crippen molar-refractivity contribution < 1.29 is 23.0 Å². The summed E-state index contributed by atoms with van der Waals surface area (Å²) in [5, 5.41) is 12.8. The van der Waals surface area contributed by atoms with E-state index in [0.29, 0.717) is 5.75 Å². The second-order valence-electron chi connectivity index (χ2n) is 5.58. The summed E-state index contributed by atoms with van der Waals surface area (Å²) in [6.45, 7) is 3.83. The van der Waals surface area contributed by atoms with Gasteiger partial charge in [0.25, 0.3) is 0 Å². The van der Waals surface area contributed by atoms with Crippen LogP contribution in [0.3, 0.4) is 0 Å². The number of aryl methyl sites for hydroxylation is 2. The molecule has 1 aromatic heterocycles. The summed E-state index contributed by atoms with van der Waals surface area (Å²) >= 11 is 1.50. The molecule has 0 aliphatic heterocycles. The van der Waals surface area contributed by atoms with Gasteiger partial charge in [-0.3, -0.25) is 0 Å². The molecule has 1 aromatic carbocycles. The van der Waals surface area contributed by atoms with Crippen molar-refractivity contribution in [2.75, 3.05) is 26.9 Å². The molecule has 0 fully saturated rings. The Balaban J connectivity index is 2.21. The van der Waals surface area contributed by atoms with Crippen LogP contribution in [0.25, 0.3) is 0 Å². The highest BCUT2D eigenvalue weighted by Gasteiger charge is 2.23. The van der Waals surface area contributed by atoms with Crippen LogP contribution < -0.4 is 9.46 Å². The molecule has 0 bridgehead atoms. The Morgan fingerprint density at radius 2 is 2.00 bits per heavy atom. The molecule has 0 aliphatic rings. The molecule has 2 N–H and O–H groups in total. The highest BCUT2D eigenvalue weighted by molar-refractivity contribution is 7.89. The van der Waals surface area contributed by atoms with Gasteiger partial charge in [0.1, 0.15) is 10.6 Å². The van der Waals surface area contributed by atoms with E-state index in [1.807, 2.05) is 30.7 Å². The molecular weight excluding hydrogens is 362 g/mol. The fourth-order valence-electron chi connectivity index (χ4n) is 2.32. The van der Waals surface area contributed by atoms with Crippen molar-refractivity contribution in [3.63, 3.8) is 0 Å². The Hall–Kier alpha value is -1.45. The molecule has 0 radical (unpaired) electrons. The molecular formula is C17H23NO5S2. The molecule has 6 nitrogen and oxygen atoms in total. The summed E-state index contributed by atoms with van der Waals surface area (Å²) in [5.41, 5.74) is 2.69. The summed E-state index contributed by atoms with van der Waals surface area (Å²) in [6, 6.07) is 5.19. The van der Waals surface area contributed by atoms with Gasteiger partial charge in [-0.1, -0.05) is 0 Å². The van der Waals surface area contributed by atoms with Crippen molar-refractivity contribution in [2.45, 2.75) is 24.8 Å². The van der Waals surface area contributed by atoms with Crippen molar-refractivity contribution >= 4 is 21.4 Å². The molecule has 0 aliphatic carbocycles. The van der Waals surface area contributed by atoms with Crippen LogP contribution >= 0.6 is 11.3 Å². The van der Waals surface area contributed by atoms with Crippen molar-refractivity contribution in [3.05, 3.63) is 45.6 Å². The number of methoxy groups -OCH3 is 1. The lowest BCUT2D eigenvalue weighted by atomic mass is 10.1. The van der Waals surface area contributed by atoms with Gasteiger partial charge in [0.2, 0.25) is 10.0 Å². The molecule has 138 valence electrons. The third-order valence-corrected chi connectivity index (χ3v) is 6.00. The van der Waals surface area contributed by atoms with Gasteiger partial charge in [-0.05, 0) is 59.5 Å². The van der Waals surface area contributed by atoms with Crippen LogP contribution in [-0.4, -0.2) is 40.4 Å². The highest BCUT2D eigenvalue weighted by atomic mass is 32.2. The molecule has 0 spiro atoms. The van der Waals surface area contributed by atoms with Gasteiger partial charge >= 0.3 is 0 Å². The normalized spacial score (nSPS) is 13.0. The second-order valence-corrected chi connectivity index (χ2v) is 8.09. The fourth-order valence-corrected chi connectivity index (χ4v) is 4.29. The minimum atomic E-state index is -3.77. The summed E-state index contributed by atoms with van der Waals surface area (Å²) < 4.78 is 38.8. The van der Waals surface area contributed by atoms with Gasteiger partial charge in [-0.15, -0.1) is 0 Å². The monoisotopic (exact) mass is 385 g/mol. The number of sulfonamides is 1. The quantitative estimate of drug-likeness (QED) is 0.692. The smallest absolute Gasteiger partial charge is 0.244 e. The first kappa shape index (κ1) is 19.9. The Labute approximate surface area is 152 Å². The number of thiophene rings is 1. The van der Waals surface area contributed by atoms with Gasteiger partial charge in [0.15, 0.2) is 0 Å². The summed E-state index contributed by atoms with van der Waals surface area (Å²) in [5.74, 6) is 0.305. The topological polar surface area (TPSA) is 84.9 Å². The number of ether oxygens (including phenoxy) is 2. The minimum Gasteiger partial charge on any atom is -0.495 e. The van der Waals surface area contributed by atoms with E-state index in [9.17, 15) is 8.42 Å². The van der Waals surface area contributed by atoms with Crippen molar-refractivity contribution in [1.29, 1.82) is 0 Å². The summed E-state index contributed by atoms with van der Waals surface area (Å²) in [7, 11) is -2.32. The Bertz CT molecular complexity index is 788. The third kappa shape index (κ3) is 5.02. The Morgan fingerprint density at radius 1 is 1.28 bits per heavy atom. The fraction of sp³-hybridized carbons (Fsp3) is 0.412. The molecule has 0 unspecified atom stereocenters. The van der Waals surface area contributed by atoms with Gasteiger partial charge < -0.3 is 14.6 Å². The molecule has 1 atom stereocenters. The molecule has 1 heterocycles. The predicted molar refractivity (Wildman–Crippen MR) is 97.8 cm³/mol. The van der Waals surface area contributed by atoms with Crippen LogP contribution in [0.15, 0.2) is 33.9 Å². The Kier molecular flexibility index (Phi) is 6.97. The number of aliphatic hydroxyl groups excluding tert-OH is 1. The second kappa shape index (κ2) is 8.77. The standard InChI is InChI=1S/C17H23NO5S2/c1-12-8-15(22-3)17(9-13(12)2)25(20,21)18-10-16(23-6-5-19)14-4-7-24-11-14/h4,7-9,11,16,18-19H,5-6,10H2,1-3H3/t16-/m0/s1. The number of benzene rings is 1. The van der Waals surface area contributed by atoms with Gasteiger partial charge in [0.05, 0.1) is 26.4 Å². The first-order chi connectivity index (χ1) is 11.9. The lowest BCUT2D eigenvalue weighted by Gasteiger charge is -2.18. The number of rotatable bonds is 9. The molecule has 2 aromatic rings. The van der Waals surface area contributed by atoms with E-state index in [1.54, 1.807) is 12.1 Å². The zero-order valence-corrected chi connectivity index (χ0v) is 16.1. The summed E-state index contributed by atoms with van der Waals surface area (Å²) in [4.78, 5) is 0.101. The van der Waals surface area contributed by atoms with E-state index in [-0.39, 0.29) is 24.7 Å². The van der Waals surface area contributed by atoms with Crippen molar-refractivity contribution in [2.24, 2.45) is 0 Å². The molecule has 0 saturated carbocycles. The maximum atomic E-state index is 12.7.